The maximum atomic E-state index is 6.22. The Hall–Kier alpha value is -0.730. The van der Waals surface area contributed by atoms with Crippen LogP contribution < -0.4 is 5.73 Å². The van der Waals surface area contributed by atoms with Crippen molar-refractivity contribution < 1.29 is 0 Å². The number of hydrogen-bond acceptors (Lipinski definition) is 1. The summed E-state index contributed by atoms with van der Waals surface area (Å²) in [6.07, 6.45) is 11.8. The zero-order valence-corrected chi connectivity index (χ0v) is 12.1. The summed E-state index contributed by atoms with van der Waals surface area (Å²) in [5.74, 6) is 1.53. The number of hydrogen-bond donors (Lipinski definition) is 1. The first kappa shape index (κ1) is 13.7. The summed E-state index contributed by atoms with van der Waals surface area (Å²) in [4.78, 5) is 7.01. The normalized spacial score (nSPS) is 31.3. The Kier molecular flexibility index (Phi) is 4.90. The van der Waals surface area contributed by atoms with Gasteiger partial charge in [-0.05, 0) is 31.6 Å². The molecule has 0 aliphatic heterocycles. The average Bonchev–Trinajstić information content (AvgIpc) is 2.39. The van der Waals surface area contributed by atoms with E-state index in [0.717, 1.165) is 11.9 Å². The Bertz CT molecular complexity index is 281. The van der Waals surface area contributed by atoms with E-state index in [4.69, 9.17) is 10.7 Å². The van der Waals surface area contributed by atoms with Gasteiger partial charge in [-0.1, -0.05) is 39.0 Å². The zero-order valence-electron chi connectivity index (χ0n) is 12.1. The van der Waals surface area contributed by atoms with Crippen molar-refractivity contribution in [3.05, 3.63) is 0 Å². The number of aliphatic imine (C=N–C) groups is 1. The first-order valence-electron chi connectivity index (χ1n) is 7.74. The van der Waals surface area contributed by atoms with E-state index in [-0.39, 0.29) is 0 Å². The molecule has 0 aromatic heterocycles. The van der Waals surface area contributed by atoms with Gasteiger partial charge in [0.2, 0.25) is 0 Å². The average molecular weight is 251 g/mol. The van der Waals surface area contributed by atoms with E-state index in [9.17, 15) is 0 Å². The van der Waals surface area contributed by atoms with Crippen LogP contribution in [0, 0.1) is 5.92 Å². The second kappa shape index (κ2) is 6.44. The third kappa shape index (κ3) is 3.39. The fraction of sp³-hybridized carbons (Fsp3) is 0.933. The van der Waals surface area contributed by atoms with Crippen LogP contribution in [-0.2, 0) is 0 Å². The van der Waals surface area contributed by atoms with Gasteiger partial charge in [-0.3, -0.25) is 0 Å². The summed E-state index contributed by atoms with van der Waals surface area (Å²) in [5.41, 5.74) is 6.22. The molecule has 3 nitrogen and oxygen atoms in total. The molecule has 2 N–H and O–H groups in total. The Morgan fingerprint density at radius 3 is 2.28 bits per heavy atom. The molecular formula is C15H29N3. The Labute approximate surface area is 112 Å². The van der Waals surface area contributed by atoms with Gasteiger partial charge in [0.25, 0.3) is 0 Å². The van der Waals surface area contributed by atoms with E-state index < -0.39 is 0 Å². The lowest BCUT2D eigenvalue weighted by molar-refractivity contribution is 0.202. The number of nitrogens with two attached hydrogens (primary N) is 1. The second-order valence-corrected chi connectivity index (χ2v) is 6.22. The van der Waals surface area contributed by atoms with E-state index in [0.29, 0.717) is 12.1 Å². The molecule has 0 heterocycles. The van der Waals surface area contributed by atoms with Gasteiger partial charge in [0.15, 0.2) is 5.96 Å². The molecule has 2 fully saturated rings. The minimum Gasteiger partial charge on any atom is -0.370 e. The summed E-state index contributed by atoms with van der Waals surface area (Å²) in [6.45, 7) is 2.36. The van der Waals surface area contributed by atoms with Gasteiger partial charge in [0.05, 0.1) is 6.04 Å². The number of guanidine groups is 1. The quantitative estimate of drug-likeness (QED) is 0.605. The number of nitrogens with zero attached hydrogens (tertiary/aromatic N) is 2. The van der Waals surface area contributed by atoms with Crippen LogP contribution in [0.3, 0.4) is 0 Å². The van der Waals surface area contributed by atoms with Crippen LogP contribution in [0.4, 0.5) is 0 Å². The molecule has 18 heavy (non-hydrogen) atoms. The lowest BCUT2D eigenvalue weighted by atomic mass is 9.85. The molecule has 0 spiro atoms. The molecule has 0 saturated heterocycles. The van der Waals surface area contributed by atoms with Crippen molar-refractivity contribution in [2.45, 2.75) is 76.8 Å². The maximum Gasteiger partial charge on any atom is 0.191 e. The van der Waals surface area contributed by atoms with Crippen molar-refractivity contribution in [1.82, 2.24) is 4.90 Å². The van der Waals surface area contributed by atoms with Crippen LogP contribution in [0.5, 0.6) is 0 Å². The monoisotopic (exact) mass is 251 g/mol. The van der Waals surface area contributed by atoms with Gasteiger partial charge in [-0.25, -0.2) is 4.99 Å². The molecular weight excluding hydrogens is 222 g/mol. The Morgan fingerprint density at radius 1 is 1.00 bits per heavy atom. The van der Waals surface area contributed by atoms with E-state index in [1.807, 2.05) is 0 Å². The summed E-state index contributed by atoms with van der Waals surface area (Å²) in [7, 11) is 2.13. The van der Waals surface area contributed by atoms with Crippen LogP contribution >= 0.6 is 0 Å². The van der Waals surface area contributed by atoms with Crippen molar-refractivity contribution in [3.8, 4) is 0 Å². The predicted octanol–water partition coefficient (Wildman–Crippen LogP) is 3.14. The topological polar surface area (TPSA) is 41.6 Å². The summed E-state index contributed by atoms with van der Waals surface area (Å²) in [5, 5.41) is 0. The van der Waals surface area contributed by atoms with E-state index in [1.54, 1.807) is 0 Å². The first-order valence-corrected chi connectivity index (χ1v) is 7.74. The number of rotatable bonds is 2. The lowest BCUT2D eigenvalue weighted by Crippen LogP contribution is -2.46. The predicted molar refractivity (Wildman–Crippen MR) is 77.7 cm³/mol. The van der Waals surface area contributed by atoms with Crippen molar-refractivity contribution in [2.75, 3.05) is 7.05 Å². The third-order valence-electron chi connectivity index (χ3n) is 4.81. The molecule has 0 bridgehead atoms. The fourth-order valence-corrected chi connectivity index (χ4v) is 3.53. The smallest absolute Gasteiger partial charge is 0.191 e. The van der Waals surface area contributed by atoms with Crippen LogP contribution in [0.1, 0.15) is 64.7 Å². The molecule has 0 amide bonds. The standard InChI is InChI=1S/C15H29N3/c1-12-8-6-7-11-14(12)18(2)15(16)17-13-9-4-3-5-10-13/h12-14H,3-11H2,1-2H3,(H2,16,17). The maximum absolute atomic E-state index is 6.22. The van der Waals surface area contributed by atoms with Crippen molar-refractivity contribution in [3.63, 3.8) is 0 Å². The highest BCUT2D eigenvalue weighted by molar-refractivity contribution is 5.78. The fourth-order valence-electron chi connectivity index (χ4n) is 3.53. The van der Waals surface area contributed by atoms with Gasteiger partial charge in [-0.2, -0.15) is 0 Å². The highest BCUT2D eigenvalue weighted by Gasteiger charge is 2.26. The van der Waals surface area contributed by atoms with Crippen molar-refractivity contribution >= 4 is 5.96 Å². The first-order chi connectivity index (χ1) is 8.68. The molecule has 3 heteroatoms. The molecule has 104 valence electrons. The lowest BCUT2D eigenvalue weighted by Gasteiger charge is -2.37. The molecule has 0 aromatic carbocycles. The molecule has 2 unspecified atom stereocenters. The minimum atomic E-state index is 0.486. The minimum absolute atomic E-state index is 0.486. The van der Waals surface area contributed by atoms with Crippen LogP contribution in [0.15, 0.2) is 4.99 Å². The third-order valence-corrected chi connectivity index (χ3v) is 4.81. The highest BCUT2D eigenvalue weighted by atomic mass is 15.3. The van der Waals surface area contributed by atoms with E-state index >= 15 is 0 Å². The summed E-state index contributed by atoms with van der Waals surface area (Å²) < 4.78 is 0. The molecule has 2 atom stereocenters. The van der Waals surface area contributed by atoms with Crippen LogP contribution in [-0.4, -0.2) is 30.0 Å². The molecule has 0 aromatic rings. The van der Waals surface area contributed by atoms with Gasteiger partial charge < -0.3 is 10.6 Å². The summed E-state index contributed by atoms with van der Waals surface area (Å²) >= 11 is 0. The second-order valence-electron chi connectivity index (χ2n) is 6.22. The zero-order chi connectivity index (χ0) is 13.0. The van der Waals surface area contributed by atoms with Crippen LogP contribution in [0.2, 0.25) is 0 Å². The van der Waals surface area contributed by atoms with E-state index in [1.165, 1.54) is 57.8 Å². The van der Waals surface area contributed by atoms with Gasteiger partial charge >= 0.3 is 0 Å². The van der Waals surface area contributed by atoms with Gasteiger partial charge in [0.1, 0.15) is 0 Å². The summed E-state index contributed by atoms with van der Waals surface area (Å²) in [6, 6.07) is 1.09. The van der Waals surface area contributed by atoms with Crippen LogP contribution in [0.25, 0.3) is 0 Å². The Morgan fingerprint density at radius 2 is 1.61 bits per heavy atom. The van der Waals surface area contributed by atoms with Crippen molar-refractivity contribution in [2.24, 2.45) is 16.6 Å². The van der Waals surface area contributed by atoms with Crippen molar-refractivity contribution in [1.29, 1.82) is 0 Å². The van der Waals surface area contributed by atoms with Gasteiger partial charge in [0, 0.05) is 13.1 Å². The van der Waals surface area contributed by atoms with Gasteiger partial charge in [-0.15, -0.1) is 0 Å². The molecule has 2 rings (SSSR count). The Balaban J connectivity index is 1.93. The molecule has 0 radical (unpaired) electrons. The molecule has 2 saturated carbocycles. The SMILES string of the molecule is CC1CCCCC1N(C)C(N)=NC1CCCCC1. The highest BCUT2D eigenvalue weighted by Crippen LogP contribution is 2.27. The van der Waals surface area contributed by atoms with E-state index in [2.05, 4.69) is 18.9 Å². The molecule has 2 aliphatic carbocycles. The largest absolute Gasteiger partial charge is 0.370 e. The molecule has 2 aliphatic rings.